The van der Waals surface area contributed by atoms with Crippen molar-refractivity contribution in [2.24, 2.45) is 0 Å². The van der Waals surface area contributed by atoms with Crippen LogP contribution in [0, 0.1) is 13.8 Å². The van der Waals surface area contributed by atoms with Crippen LogP contribution in [-0.2, 0) is 11.3 Å². The summed E-state index contributed by atoms with van der Waals surface area (Å²) >= 11 is 0. The molecule has 3 rings (SSSR count). The summed E-state index contributed by atoms with van der Waals surface area (Å²) in [6.45, 7) is 9.51. The molecule has 0 aliphatic carbocycles. The van der Waals surface area contributed by atoms with Gasteiger partial charge >= 0.3 is 0 Å². The Morgan fingerprint density at radius 2 is 1.79 bits per heavy atom. The van der Waals surface area contributed by atoms with E-state index in [1.54, 1.807) is 14.2 Å². The molecule has 1 aliphatic heterocycles. The standard InChI is InChI=1S/C23H32N2O3/c1-17-6-5-7-20(18(17)2)15-24-16-21(25-10-12-28-13-11-25)19-8-9-22(26-3)23(14-19)27-4/h5-9,14,21,24H,10-13,15-16H2,1-4H3. The van der Waals surface area contributed by atoms with Gasteiger partial charge in [-0.1, -0.05) is 24.3 Å². The van der Waals surface area contributed by atoms with Crippen molar-refractivity contribution in [2.45, 2.75) is 26.4 Å². The van der Waals surface area contributed by atoms with Gasteiger partial charge in [-0.25, -0.2) is 0 Å². The summed E-state index contributed by atoms with van der Waals surface area (Å²) in [5.74, 6) is 1.53. The first-order chi connectivity index (χ1) is 13.6. The number of rotatable bonds is 8. The molecule has 1 unspecified atom stereocenters. The Balaban J connectivity index is 1.76. The average molecular weight is 385 g/mol. The number of morpholine rings is 1. The van der Waals surface area contributed by atoms with Crippen LogP contribution in [0.25, 0.3) is 0 Å². The van der Waals surface area contributed by atoms with Crippen molar-refractivity contribution >= 4 is 0 Å². The highest BCUT2D eigenvalue weighted by Crippen LogP contribution is 2.32. The van der Waals surface area contributed by atoms with Gasteiger partial charge in [0, 0.05) is 32.2 Å². The number of methoxy groups -OCH3 is 2. The smallest absolute Gasteiger partial charge is 0.161 e. The van der Waals surface area contributed by atoms with Crippen molar-refractivity contribution in [3.05, 3.63) is 58.7 Å². The van der Waals surface area contributed by atoms with Crippen molar-refractivity contribution in [3.63, 3.8) is 0 Å². The molecule has 1 saturated heterocycles. The summed E-state index contributed by atoms with van der Waals surface area (Å²) in [6.07, 6.45) is 0. The number of benzene rings is 2. The summed E-state index contributed by atoms with van der Waals surface area (Å²) < 4.78 is 16.5. The zero-order chi connectivity index (χ0) is 19.9. The summed E-state index contributed by atoms with van der Waals surface area (Å²) in [5, 5.41) is 3.68. The first-order valence-corrected chi connectivity index (χ1v) is 9.93. The van der Waals surface area contributed by atoms with Crippen LogP contribution in [0.1, 0.15) is 28.3 Å². The van der Waals surface area contributed by atoms with E-state index in [0.29, 0.717) is 0 Å². The molecule has 5 heteroatoms. The van der Waals surface area contributed by atoms with Crippen LogP contribution in [0.15, 0.2) is 36.4 Å². The second-order valence-electron chi connectivity index (χ2n) is 7.27. The quantitative estimate of drug-likeness (QED) is 0.755. The van der Waals surface area contributed by atoms with Gasteiger partial charge in [0.1, 0.15) is 0 Å². The molecule has 2 aromatic rings. The predicted molar refractivity (Wildman–Crippen MR) is 112 cm³/mol. The molecule has 1 aliphatic rings. The minimum atomic E-state index is 0.258. The van der Waals surface area contributed by atoms with Crippen LogP contribution in [0.3, 0.4) is 0 Å². The van der Waals surface area contributed by atoms with Crippen LogP contribution in [0.5, 0.6) is 11.5 Å². The monoisotopic (exact) mass is 384 g/mol. The van der Waals surface area contributed by atoms with Gasteiger partial charge in [-0.05, 0) is 48.2 Å². The molecule has 0 radical (unpaired) electrons. The lowest BCUT2D eigenvalue weighted by molar-refractivity contribution is 0.0160. The third-order valence-corrected chi connectivity index (χ3v) is 5.65. The van der Waals surface area contributed by atoms with Gasteiger partial charge in [0.25, 0.3) is 0 Å². The number of ether oxygens (including phenoxy) is 3. The number of aryl methyl sites for hydroxylation is 1. The summed E-state index contributed by atoms with van der Waals surface area (Å²) in [6, 6.07) is 13.0. The maximum Gasteiger partial charge on any atom is 0.161 e. The lowest BCUT2D eigenvalue weighted by Crippen LogP contribution is -2.42. The molecule has 2 aromatic carbocycles. The lowest BCUT2D eigenvalue weighted by atomic mass is 10.0. The molecule has 1 N–H and O–H groups in total. The van der Waals surface area contributed by atoms with Crippen LogP contribution < -0.4 is 14.8 Å². The summed E-state index contributed by atoms with van der Waals surface area (Å²) in [5.41, 5.74) is 5.29. The van der Waals surface area contributed by atoms with E-state index in [4.69, 9.17) is 14.2 Å². The van der Waals surface area contributed by atoms with E-state index >= 15 is 0 Å². The molecular formula is C23H32N2O3. The molecule has 0 aromatic heterocycles. The molecule has 1 heterocycles. The summed E-state index contributed by atoms with van der Waals surface area (Å²) in [7, 11) is 3.35. The minimum Gasteiger partial charge on any atom is -0.493 e. The summed E-state index contributed by atoms with van der Waals surface area (Å²) in [4.78, 5) is 2.49. The number of hydrogen-bond acceptors (Lipinski definition) is 5. The van der Waals surface area contributed by atoms with E-state index in [-0.39, 0.29) is 6.04 Å². The number of hydrogen-bond donors (Lipinski definition) is 1. The van der Waals surface area contributed by atoms with Crippen LogP contribution in [0.4, 0.5) is 0 Å². The van der Waals surface area contributed by atoms with E-state index in [1.807, 2.05) is 6.07 Å². The van der Waals surface area contributed by atoms with E-state index in [0.717, 1.165) is 50.9 Å². The van der Waals surface area contributed by atoms with Gasteiger partial charge in [0.2, 0.25) is 0 Å². The largest absolute Gasteiger partial charge is 0.493 e. The third kappa shape index (κ3) is 4.85. The molecule has 0 bridgehead atoms. The molecule has 0 spiro atoms. The molecule has 152 valence electrons. The Kier molecular flexibility index (Phi) is 7.31. The Bertz CT molecular complexity index is 772. The van der Waals surface area contributed by atoms with Gasteiger partial charge in [-0.15, -0.1) is 0 Å². The van der Waals surface area contributed by atoms with Crippen LogP contribution >= 0.6 is 0 Å². The second kappa shape index (κ2) is 9.92. The van der Waals surface area contributed by atoms with Crippen molar-refractivity contribution in [1.29, 1.82) is 0 Å². The van der Waals surface area contributed by atoms with E-state index in [2.05, 4.69) is 54.4 Å². The highest BCUT2D eigenvalue weighted by molar-refractivity contribution is 5.44. The first kappa shape index (κ1) is 20.6. The predicted octanol–water partition coefficient (Wildman–Crippen LogP) is 3.48. The maximum absolute atomic E-state index is 5.56. The zero-order valence-electron chi connectivity index (χ0n) is 17.5. The van der Waals surface area contributed by atoms with Crippen molar-refractivity contribution in [3.8, 4) is 11.5 Å². The van der Waals surface area contributed by atoms with Crippen molar-refractivity contribution < 1.29 is 14.2 Å². The highest BCUT2D eigenvalue weighted by atomic mass is 16.5. The highest BCUT2D eigenvalue weighted by Gasteiger charge is 2.23. The second-order valence-corrected chi connectivity index (χ2v) is 7.27. The fraction of sp³-hybridized carbons (Fsp3) is 0.478. The third-order valence-electron chi connectivity index (χ3n) is 5.65. The lowest BCUT2D eigenvalue weighted by Gasteiger charge is -2.35. The number of nitrogens with one attached hydrogen (secondary N) is 1. The van der Waals surface area contributed by atoms with Crippen molar-refractivity contribution in [1.82, 2.24) is 10.2 Å². The number of nitrogens with zero attached hydrogens (tertiary/aromatic N) is 1. The van der Waals surface area contributed by atoms with Crippen molar-refractivity contribution in [2.75, 3.05) is 47.1 Å². The zero-order valence-corrected chi connectivity index (χ0v) is 17.5. The van der Waals surface area contributed by atoms with Gasteiger partial charge in [0.15, 0.2) is 11.5 Å². The Morgan fingerprint density at radius 1 is 1.04 bits per heavy atom. The Morgan fingerprint density at radius 3 is 2.50 bits per heavy atom. The molecule has 28 heavy (non-hydrogen) atoms. The average Bonchev–Trinajstić information content (AvgIpc) is 2.74. The first-order valence-electron chi connectivity index (χ1n) is 9.93. The Hall–Kier alpha value is -2.08. The SMILES string of the molecule is COc1ccc(C(CNCc2cccc(C)c2C)N2CCOCC2)cc1OC. The fourth-order valence-electron chi connectivity index (χ4n) is 3.75. The molecule has 0 saturated carbocycles. The molecule has 1 atom stereocenters. The van der Waals surface area contributed by atoms with Crippen LogP contribution in [0.2, 0.25) is 0 Å². The van der Waals surface area contributed by atoms with Gasteiger partial charge in [-0.2, -0.15) is 0 Å². The topological polar surface area (TPSA) is 43.0 Å². The normalized spacial score (nSPS) is 16.0. The molecule has 1 fully saturated rings. The van der Waals surface area contributed by atoms with Crippen LogP contribution in [-0.4, -0.2) is 52.0 Å². The van der Waals surface area contributed by atoms with E-state index in [1.165, 1.54) is 22.3 Å². The van der Waals surface area contributed by atoms with Gasteiger partial charge < -0.3 is 19.5 Å². The Labute approximate surface area is 168 Å². The molecule has 0 amide bonds. The van der Waals surface area contributed by atoms with Gasteiger partial charge in [0.05, 0.1) is 27.4 Å². The van der Waals surface area contributed by atoms with Gasteiger partial charge in [-0.3, -0.25) is 4.90 Å². The molecule has 5 nitrogen and oxygen atoms in total. The van der Waals surface area contributed by atoms with E-state index in [9.17, 15) is 0 Å². The fourth-order valence-corrected chi connectivity index (χ4v) is 3.75. The van der Waals surface area contributed by atoms with E-state index < -0.39 is 0 Å². The maximum atomic E-state index is 5.56. The molecular weight excluding hydrogens is 352 g/mol. The minimum absolute atomic E-state index is 0.258.